The number of nitrogens with zero attached hydrogens (tertiary/aromatic N) is 2. The molecule has 1 N–H and O–H groups in total. The molecule has 11 heteroatoms. The van der Waals surface area contributed by atoms with Crippen LogP contribution in [-0.4, -0.2) is 44.3 Å². The van der Waals surface area contributed by atoms with Crippen molar-refractivity contribution in [3.63, 3.8) is 0 Å². The number of amides is 2. The maximum absolute atomic E-state index is 14.4. The molecule has 0 spiro atoms. The predicted octanol–water partition coefficient (Wildman–Crippen LogP) is 6.93. The second-order valence-electron chi connectivity index (χ2n) is 10.1. The molecule has 2 amide bonds. The van der Waals surface area contributed by atoms with E-state index in [1.54, 1.807) is 43.3 Å². The maximum atomic E-state index is 14.4. The largest absolute Gasteiger partial charge is 0.355 e. The topological polar surface area (TPSA) is 86.8 Å². The number of hydrogen-bond acceptors (Lipinski definition) is 4. The highest BCUT2D eigenvalue weighted by molar-refractivity contribution is 7.92. The summed E-state index contributed by atoms with van der Waals surface area (Å²) in [5.74, 6) is -1.01. The number of hydrogen-bond donors (Lipinski definition) is 1. The third-order valence-corrected chi connectivity index (χ3v) is 9.73. The van der Waals surface area contributed by atoms with Gasteiger partial charge in [0, 0.05) is 40.1 Å². The second-order valence-corrected chi connectivity index (χ2v) is 13.2. The van der Waals surface area contributed by atoms with E-state index in [2.05, 4.69) is 5.32 Å². The molecule has 0 saturated carbocycles. The van der Waals surface area contributed by atoms with Crippen molar-refractivity contribution in [2.24, 2.45) is 0 Å². The van der Waals surface area contributed by atoms with Crippen LogP contribution in [0.1, 0.15) is 23.6 Å². The molecular formula is C33H32Cl3N3O4S. The zero-order chi connectivity index (χ0) is 31.9. The minimum Gasteiger partial charge on any atom is -0.355 e. The highest BCUT2D eigenvalue weighted by Crippen LogP contribution is 2.29. The van der Waals surface area contributed by atoms with E-state index < -0.39 is 34.4 Å². The van der Waals surface area contributed by atoms with Crippen molar-refractivity contribution in [2.75, 3.05) is 17.4 Å². The monoisotopic (exact) mass is 671 g/mol. The van der Waals surface area contributed by atoms with Gasteiger partial charge in [-0.3, -0.25) is 13.9 Å². The molecule has 0 aliphatic rings. The molecule has 0 heterocycles. The molecule has 44 heavy (non-hydrogen) atoms. The quantitative estimate of drug-likeness (QED) is 0.177. The van der Waals surface area contributed by atoms with E-state index in [1.165, 1.54) is 29.2 Å². The van der Waals surface area contributed by atoms with E-state index in [1.807, 2.05) is 43.3 Å². The van der Waals surface area contributed by atoms with Crippen LogP contribution in [0.25, 0.3) is 0 Å². The number of anilines is 1. The summed E-state index contributed by atoms with van der Waals surface area (Å²) >= 11 is 19.1. The summed E-state index contributed by atoms with van der Waals surface area (Å²) in [6, 6.07) is 25.8. The number of nitrogens with one attached hydrogen (secondary N) is 1. The Morgan fingerprint density at radius 2 is 1.48 bits per heavy atom. The standard InChI is InChI=1S/C33H32Cl3N3O4S/c1-3-37-33(41)31(20-24-10-5-4-6-11-24)38(21-28-29(35)13-8-14-30(28)36)32(40)22-39(26-12-7-9-23(2)19-26)44(42,43)27-17-15-25(34)16-18-27/h4-19,31H,3,20-22H2,1-2H3,(H,37,41)/t31-/m0/s1. The Labute approximate surface area is 273 Å². The van der Waals surface area contributed by atoms with Crippen molar-refractivity contribution in [2.45, 2.75) is 37.8 Å². The molecule has 0 bridgehead atoms. The third-order valence-electron chi connectivity index (χ3n) is 6.98. The maximum Gasteiger partial charge on any atom is 0.264 e. The number of aryl methyl sites for hydroxylation is 1. The Morgan fingerprint density at radius 1 is 0.841 bits per heavy atom. The van der Waals surface area contributed by atoms with Crippen LogP contribution in [0.4, 0.5) is 5.69 Å². The molecule has 0 aromatic heterocycles. The molecule has 0 aliphatic heterocycles. The molecule has 4 aromatic carbocycles. The van der Waals surface area contributed by atoms with Gasteiger partial charge in [-0.25, -0.2) is 8.42 Å². The van der Waals surface area contributed by atoms with Gasteiger partial charge in [0.2, 0.25) is 11.8 Å². The normalized spacial score (nSPS) is 11.9. The van der Waals surface area contributed by atoms with Crippen LogP contribution in [0.15, 0.2) is 102 Å². The lowest BCUT2D eigenvalue weighted by molar-refractivity contribution is -0.140. The number of sulfonamides is 1. The van der Waals surface area contributed by atoms with E-state index in [9.17, 15) is 18.0 Å². The predicted molar refractivity (Wildman–Crippen MR) is 177 cm³/mol. The minimum atomic E-state index is -4.25. The van der Waals surface area contributed by atoms with Crippen molar-refractivity contribution in [3.8, 4) is 0 Å². The van der Waals surface area contributed by atoms with Crippen LogP contribution >= 0.6 is 34.8 Å². The highest BCUT2D eigenvalue weighted by atomic mass is 35.5. The first-order valence-electron chi connectivity index (χ1n) is 13.9. The zero-order valence-electron chi connectivity index (χ0n) is 24.2. The van der Waals surface area contributed by atoms with Gasteiger partial charge >= 0.3 is 0 Å². The summed E-state index contributed by atoms with van der Waals surface area (Å²) in [6.45, 7) is 3.22. The SMILES string of the molecule is CCNC(=O)[C@H](Cc1ccccc1)N(Cc1c(Cl)cccc1Cl)C(=O)CN(c1cccc(C)c1)S(=O)(=O)c1ccc(Cl)cc1. The van der Waals surface area contributed by atoms with Crippen LogP contribution in [0.2, 0.25) is 15.1 Å². The fourth-order valence-corrected chi connectivity index (χ4v) is 6.79. The molecule has 4 aromatic rings. The van der Waals surface area contributed by atoms with Crippen LogP contribution in [0, 0.1) is 6.92 Å². The number of likely N-dealkylation sites (N-methyl/N-ethyl adjacent to an activating group) is 1. The third kappa shape index (κ3) is 8.12. The summed E-state index contributed by atoms with van der Waals surface area (Å²) in [5.41, 5.74) is 2.35. The number of carbonyl (C=O) groups is 2. The van der Waals surface area contributed by atoms with Gasteiger partial charge < -0.3 is 10.2 Å². The van der Waals surface area contributed by atoms with Gasteiger partial charge in [0.05, 0.1) is 10.6 Å². The van der Waals surface area contributed by atoms with Crippen molar-refractivity contribution in [3.05, 3.63) is 129 Å². The van der Waals surface area contributed by atoms with Crippen LogP contribution < -0.4 is 9.62 Å². The molecular weight excluding hydrogens is 641 g/mol. The van der Waals surface area contributed by atoms with Crippen LogP contribution in [-0.2, 0) is 32.6 Å². The fraction of sp³-hybridized carbons (Fsp3) is 0.212. The molecule has 0 saturated heterocycles. The summed E-state index contributed by atoms with van der Waals surface area (Å²) < 4.78 is 29.2. The van der Waals surface area contributed by atoms with Crippen molar-refractivity contribution < 1.29 is 18.0 Å². The van der Waals surface area contributed by atoms with Crippen molar-refractivity contribution in [1.29, 1.82) is 0 Å². The summed E-state index contributed by atoms with van der Waals surface area (Å²) in [5, 5.41) is 3.83. The highest BCUT2D eigenvalue weighted by Gasteiger charge is 2.35. The minimum absolute atomic E-state index is 0.0403. The molecule has 4 rings (SSSR count). The number of benzene rings is 4. The lowest BCUT2D eigenvalue weighted by Crippen LogP contribution is -2.53. The fourth-order valence-electron chi connectivity index (χ4n) is 4.75. The smallest absolute Gasteiger partial charge is 0.264 e. The average molecular weight is 673 g/mol. The molecule has 0 aliphatic carbocycles. The molecule has 230 valence electrons. The molecule has 0 unspecified atom stereocenters. The van der Waals surface area contributed by atoms with E-state index in [0.29, 0.717) is 32.9 Å². The van der Waals surface area contributed by atoms with Crippen LogP contribution in [0.5, 0.6) is 0 Å². The summed E-state index contributed by atoms with van der Waals surface area (Å²) in [6.07, 6.45) is 0.175. The van der Waals surface area contributed by atoms with Gasteiger partial charge in [-0.1, -0.05) is 83.3 Å². The zero-order valence-corrected chi connectivity index (χ0v) is 27.3. The van der Waals surface area contributed by atoms with E-state index >= 15 is 0 Å². The second kappa shape index (κ2) is 14.9. The van der Waals surface area contributed by atoms with Gasteiger partial charge in [0.25, 0.3) is 10.0 Å². The van der Waals surface area contributed by atoms with Crippen molar-refractivity contribution in [1.82, 2.24) is 10.2 Å². The number of rotatable bonds is 12. The van der Waals surface area contributed by atoms with Gasteiger partial charge in [0.1, 0.15) is 12.6 Å². The lowest BCUT2D eigenvalue weighted by atomic mass is 10.0. The Bertz CT molecular complexity index is 1700. The molecule has 0 radical (unpaired) electrons. The van der Waals surface area contributed by atoms with Crippen molar-refractivity contribution >= 4 is 62.3 Å². The van der Waals surface area contributed by atoms with E-state index in [4.69, 9.17) is 34.8 Å². The Balaban J connectivity index is 1.83. The van der Waals surface area contributed by atoms with Gasteiger partial charge in [-0.05, 0) is 73.5 Å². The average Bonchev–Trinajstić information content (AvgIpc) is 2.99. The van der Waals surface area contributed by atoms with E-state index in [-0.39, 0.29) is 17.9 Å². The molecule has 7 nitrogen and oxygen atoms in total. The summed E-state index contributed by atoms with van der Waals surface area (Å²) in [7, 11) is -4.25. The number of carbonyl (C=O) groups excluding carboxylic acids is 2. The Kier molecular flexibility index (Phi) is 11.3. The van der Waals surface area contributed by atoms with Gasteiger partial charge in [-0.15, -0.1) is 0 Å². The summed E-state index contributed by atoms with van der Waals surface area (Å²) in [4.78, 5) is 29.3. The molecule has 1 atom stereocenters. The molecule has 0 fully saturated rings. The number of halogens is 3. The first-order valence-corrected chi connectivity index (χ1v) is 16.5. The lowest BCUT2D eigenvalue weighted by Gasteiger charge is -2.34. The first-order chi connectivity index (χ1) is 21.0. The van der Waals surface area contributed by atoms with E-state index in [0.717, 1.165) is 15.4 Å². The first kappa shape index (κ1) is 33.3. The van der Waals surface area contributed by atoms with Gasteiger partial charge in [0.15, 0.2) is 0 Å². The Morgan fingerprint density at radius 3 is 2.09 bits per heavy atom. The van der Waals surface area contributed by atoms with Crippen LogP contribution in [0.3, 0.4) is 0 Å². The Hall–Kier alpha value is -3.56. The van der Waals surface area contributed by atoms with Gasteiger partial charge in [-0.2, -0.15) is 0 Å².